The van der Waals surface area contributed by atoms with E-state index >= 15 is 0 Å². The van der Waals surface area contributed by atoms with Crippen LogP contribution in [0.15, 0.2) is 28.4 Å². The standard InChI is InChI=1S/C9H7ClN4O2/c10-4-1-2-6-5(3-4)7(8(15)12-6)13-14-9(11)16/h1-3,12,15H,(H2,11,16). The summed E-state index contributed by atoms with van der Waals surface area (Å²) in [6.07, 6.45) is 0. The number of carbonyl (C=O) groups is 1. The van der Waals surface area contributed by atoms with E-state index in [1.165, 1.54) is 0 Å². The Labute approximate surface area is 94.7 Å². The van der Waals surface area contributed by atoms with E-state index in [-0.39, 0.29) is 11.6 Å². The minimum atomic E-state index is -0.934. The Kier molecular flexibility index (Phi) is 2.49. The number of aromatic nitrogens is 1. The van der Waals surface area contributed by atoms with E-state index in [0.29, 0.717) is 15.9 Å². The normalized spacial score (nSPS) is 11.3. The van der Waals surface area contributed by atoms with E-state index in [9.17, 15) is 9.90 Å². The van der Waals surface area contributed by atoms with Crippen molar-refractivity contribution in [3.63, 3.8) is 0 Å². The van der Waals surface area contributed by atoms with Crippen LogP contribution in [0.25, 0.3) is 10.9 Å². The van der Waals surface area contributed by atoms with Crippen molar-refractivity contribution in [2.75, 3.05) is 0 Å². The van der Waals surface area contributed by atoms with Crippen LogP contribution in [0.1, 0.15) is 0 Å². The fraction of sp³-hybridized carbons (Fsp3) is 0. The van der Waals surface area contributed by atoms with Crippen LogP contribution in [0.3, 0.4) is 0 Å². The van der Waals surface area contributed by atoms with E-state index in [1.807, 2.05) is 0 Å². The zero-order valence-corrected chi connectivity index (χ0v) is 8.69. The molecule has 0 atom stereocenters. The second kappa shape index (κ2) is 3.82. The number of aromatic amines is 1. The Balaban J connectivity index is 2.62. The molecule has 4 N–H and O–H groups in total. The van der Waals surface area contributed by atoms with Gasteiger partial charge in [0.15, 0.2) is 5.69 Å². The minimum Gasteiger partial charge on any atom is -0.493 e. The molecule has 7 heteroatoms. The van der Waals surface area contributed by atoms with Crippen LogP contribution in [-0.2, 0) is 0 Å². The first-order valence-corrected chi connectivity index (χ1v) is 4.67. The monoisotopic (exact) mass is 238 g/mol. The molecule has 1 heterocycles. The average molecular weight is 239 g/mol. The molecule has 0 unspecified atom stereocenters. The fourth-order valence-electron chi connectivity index (χ4n) is 1.34. The Morgan fingerprint density at radius 1 is 1.50 bits per heavy atom. The van der Waals surface area contributed by atoms with Crippen LogP contribution < -0.4 is 5.73 Å². The highest BCUT2D eigenvalue weighted by atomic mass is 35.5. The maximum absolute atomic E-state index is 10.5. The lowest BCUT2D eigenvalue weighted by atomic mass is 10.2. The third-order valence-electron chi connectivity index (χ3n) is 1.96. The lowest BCUT2D eigenvalue weighted by Gasteiger charge is -1.91. The van der Waals surface area contributed by atoms with Crippen molar-refractivity contribution in [1.82, 2.24) is 4.98 Å². The average Bonchev–Trinajstić information content (AvgIpc) is 2.51. The topological polar surface area (TPSA) is 104 Å². The number of halogens is 1. The number of aromatic hydroxyl groups is 1. The maximum atomic E-state index is 10.5. The first-order valence-electron chi connectivity index (χ1n) is 4.29. The Morgan fingerprint density at radius 3 is 2.94 bits per heavy atom. The van der Waals surface area contributed by atoms with Crippen molar-refractivity contribution in [2.45, 2.75) is 0 Å². The molecule has 82 valence electrons. The first kappa shape index (κ1) is 10.4. The first-order chi connectivity index (χ1) is 7.58. The minimum absolute atomic E-state index is 0.135. The van der Waals surface area contributed by atoms with Gasteiger partial charge in [-0.1, -0.05) is 16.7 Å². The largest absolute Gasteiger partial charge is 0.493 e. The summed E-state index contributed by atoms with van der Waals surface area (Å²) in [4.78, 5) is 13.1. The second-order valence-corrected chi connectivity index (χ2v) is 3.49. The molecule has 0 aliphatic heterocycles. The summed E-state index contributed by atoms with van der Waals surface area (Å²) in [5.74, 6) is -0.192. The van der Waals surface area contributed by atoms with Crippen molar-refractivity contribution in [3.8, 4) is 5.88 Å². The van der Waals surface area contributed by atoms with Crippen molar-refractivity contribution >= 4 is 34.2 Å². The molecule has 0 fully saturated rings. The van der Waals surface area contributed by atoms with Gasteiger partial charge < -0.3 is 15.8 Å². The number of rotatable bonds is 1. The molecule has 1 aromatic heterocycles. The number of nitrogens with one attached hydrogen (secondary N) is 1. The van der Waals surface area contributed by atoms with E-state index in [1.54, 1.807) is 18.2 Å². The van der Waals surface area contributed by atoms with Gasteiger partial charge in [0, 0.05) is 10.4 Å². The summed E-state index contributed by atoms with van der Waals surface area (Å²) in [7, 11) is 0. The summed E-state index contributed by atoms with van der Waals surface area (Å²) in [5.41, 5.74) is 5.59. The lowest BCUT2D eigenvalue weighted by molar-refractivity contribution is 0.255. The van der Waals surface area contributed by atoms with Crippen LogP contribution in [0.5, 0.6) is 5.88 Å². The Bertz CT molecular complexity index is 590. The third kappa shape index (κ3) is 1.82. The Morgan fingerprint density at radius 2 is 2.25 bits per heavy atom. The SMILES string of the molecule is NC(=O)N=Nc1c(O)[nH]c2ccc(Cl)cc12. The lowest BCUT2D eigenvalue weighted by Crippen LogP contribution is -2.01. The molecule has 2 amide bonds. The zero-order valence-electron chi connectivity index (χ0n) is 7.94. The quantitative estimate of drug-likeness (QED) is 0.665. The van der Waals surface area contributed by atoms with Gasteiger partial charge in [0.1, 0.15) is 0 Å². The van der Waals surface area contributed by atoms with Gasteiger partial charge >= 0.3 is 6.03 Å². The maximum Gasteiger partial charge on any atom is 0.356 e. The number of H-pyrrole nitrogens is 1. The molecule has 0 radical (unpaired) electrons. The van der Waals surface area contributed by atoms with Gasteiger partial charge in [0.25, 0.3) is 0 Å². The number of urea groups is 1. The molecular formula is C9H7ClN4O2. The summed E-state index contributed by atoms with van der Waals surface area (Å²) >= 11 is 5.80. The number of nitrogens with two attached hydrogens (primary N) is 1. The van der Waals surface area contributed by atoms with Crippen LogP contribution in [0.2, 0.25) is 5.02 Å². The molecule has 6 nitrogen and oxygen atoms in total. The van der Waals surface area contributed by atoms with E-state index in [2.05, 4.69) is 15.2 Å². The van der Waals surface area contributed by atoms with Crippen molar-refractivity contribution in [2.24, 2.45) is 16.0 Å². The Hall–Kier alpha value is -2.08. The van der Waals surface area contributed by atoms with Gasteiger partial charge in [-0.15, -0.1) is 5.11 Å². The fourth-order valence-corrected chi connectivity index (χ4v) is 1.51. The molecule has 16 heavy (non-hydrogen) atoms. The summed E-state index contributed by atoms with van der Waals surface area (Å²) in [5, 5.41) is 17.3. The predicted molar refractivity (Wildman–Crippen MR) is 59.1 cm³/mol. The van der Waals surface area contributed by atoms with E-state index < -0.39 is 6.03 Å². The van der Waals surface area contributed by atoms with Gasteiger partial charge in [-0.05, 0) is 18.2 Å². The highest BCUT2D eigenvalue weighted by Gasteiger charge is 2.10. The molecule has 0 aliphatic rings. The van der Waals surface area contributed by atoms with Crippen molar-refractivity contribution in [1.29, 1.82) is 0 Å². The van der Waals surface area contributed by atoms with Crippen LogP contribution >= 0.6 is 11.6 Å². The summed E-state index contributed by atoms with van der Waals surface area (Å²) in [6.45, 7) is 0. The number of benzene rings is 1. The smallest absolute Gasteiger partial charge is 0.356 e. The molecule has 2 rings (SSSR count). The van der Waals surface area contributed by atoms with Gasteiger partial charge in [0.05, 0.1) is 5.52 Å². The third-order valence-corrected chi connectivity index (χ3v) is 2.20. The molecule has 0 spiro atoms. The second-order valence-electron chi connectivity index (χ2n) is 3.05. The van der Waals surface area contributed by atoms with E-state index in [4.69, 9.17) is 17.3 Å². The van der Waals surface area contributed by atoms with Crippen LogP contribution in [0, 0.1) is 0 Å². The molecule has 2 aromatic rings. The van der Waals surface area contributed by atoms with Gasteiger partial charge in [-0.3, -0.25) is 0 Å². The van der Waals surface area contributed by atoms with Gasteiger partial charge in [-0.25, -0.2) is 4.79 Å². The van der Waals surface area contributed by atoms with Crippen LogP contribution in [0.4, 0.5) is 10.5 Å². The van der Waals surface area contributed by atoms with Crippen molar-refractivity contribution in [3.05, 3.63) is 23.2 Å². The molecule has 0 aliphatic carbocycles. The highest BCUT2D eigenvalue weighted by molar-refractivity contribution is 6.31. The number of hydrogen-bond acceptors (Lipinski definition) is 3. The molecule has 0 bridgehead atoms. The molecule has 1 aromatic carbocycles. The number of fused-ring (bicyclic) bond motifs is 1. The predicted octanol–water partition coefficient (Wildman–Crippen LogP) is 2.69. The van der Waals surface area contributed by atoms with Gasteiger partial charge in [-0.2, -0.15) is 0 Å². The highest BCUT2D eigenvalue weighted by Crippen LogP contribution is 2.36. The number of amides is 2. The molecular weight excluding hydrogens is 232 g/mol. The zero-order chi connectivity index (χ0) is 11.7. The van der Waals surface area contributed by atoms with Gasteiger partial charge in [0.2, 0.25) is 5.88 Å². The number of nitrogens with zero attached hydrogens (tertiary/aromatic N) is 2. The number of azo groups is 1. The summed E-state index contributed by atoms with van der Waals surface area (Å²) < 4.78 is 0. The van der Waals surface area contributed by atoms with Crippen molar-refractivity contribution < 1.29 is 9.90 Å². The van der Waals surface area contributed by atoms with E-state index in [0.717, 1.165) is 0 Å². The number of carbonyl (C=O) groups excluding carboxylic acids is 1. The number of hydrogen-bond donors (Lipinski definition) is 3. The molecule has 0 saturated carbocycles. The summed E-state index contributed by atoms with van der Waals surface area (Å²) in [6, 6.07) is 4.01. The number of primary amides is 1. The molecule has 0 saturated heterocycles. The van der Waals surface area contributed by atoms with Crippen LogP contribution in [-0.4, -0.2) is 16.1 Å².